The van der Waals surface area contributed by atoms with E-state index in [-0.39, 0.29) is 5.91 Å². The van der Waals surface area contributed by atoms with Crippen LogP contribution in [0.5, 0.6) is 5.75 Å². The van der Waals surface area contributed by atoms with Crippen molar-refractivity contribution in [3.05, 3.63) is 59.0 Å². The highest BCUT2D eigenvalue weighted by Gasteiger charge is 2.14. The predicted octanol–water partition coefficient (Wildman–Crippen LogP) is 4.47. The molecule has 106 valence electrons. The topological polar surface area (TPSA) is 38.3 Å². The van der Waals surface area contributed by atoms with Gasteiger partial charge in [-0.3, -0.25) is 4.79 Å². The van der Waals surface area contributed by atoms with Gasteiger partial charge in [0.05, 0.1) is 18.4 Å². The van der Waals surface area contributed by atoms with Gasteiger partial charge in [-0.05, 0) is 30.7 Å². The van der Waals surface area contributed by atoms with Crippen molar-refractivity contribution >= 4 is 33.0 Å². The van der Waals surface area contributed by atoms with Crippen LogP contribution in [0.25, 0.3) is 10.1 Å². The van der Waals surface area contributed by atoms with E-state index in [1.807, 2.05) is 54.8 Å². The molecule has 0 saturated carbocycles. The highest BCUT2D eigenvalue weighted by Crippen LogP contribution is 2.29. The molecule has 3 aromatic rings. The van der Waals surface area contributed by atoms with Crippen LogP contribution in [-0.4, -0.2) is 13.0 Å². The van der Waals surface area contributed by atoms with Crippen LogP contribution in [0.15, 0.2) is 47.8 Å². The van der Waals surface area contributed by atoms with E-state index in [2.05, 4.69) is 5.32 Å². The number of benzene rings is 2. The van der Waals surface area contributed by atoms with E-state index in [1.54, 1.807) is 18.4 Å². The Kier molecular flexibility index (Phi) is 3.62. The summed E-state index contributed by atoms with van der Waals surface area (Å²) in [6.45, 7) is 1.99. The number of carbonyl (C=O) groups excluding carboxylic acids is 1. The maximum atomic E-state index is 12.5. The Balaban J connectivity index is 1.93. The SMILES string of the molecule is COc1cc(C)ccc1NC(=O)c1csc2ccccc12. The molecule has 1 heterocycles. The monoisotopic (exact) mass is 297 g/mol. The highest BCUT2D eigenvalue weighted by molar-refractivity contribution is 7.17. The molecule has 4 heteroatoms. The van der Waals surface area contributed by atoms with Crippen LogP contribution < -0.4 is 10.1 Å². The molecule has 0 aliphatic heterocycles. The van der Waals surface area contributed by atoms with Gasteiger partial charge in [0.2, 0.25) is 0 Å². The van der Waals surface area contributed by atoms with Gasteiger partial charge in [0.25, 0.3) is 5.91 Å². The zero-order valence-electron chi connectivity index (χ0n) is 11.8. The molecule has 21 heavy (non-hydrogen) atoms. The minimum absolute atomic E-state index is 0.116. The van der Waals surface area contributed by atoms with Crippen LogP contribution in [0.4, 0.5) is 5.69 Å². The van der Waals surface area contributed by atoms with Crippen molar-refractivity contribution in [3.63, 3.8) is 0 Å². The summed E-state index contributed by atoms with van der Waals surface area (Å²) in [5, 5.41) is 5.79. The molecular weight excluding hydrogens is 282 g/mol. The molecule has 0 fully saturated rings. The van der Waals surface area contributed by atoms with E-state index >= 15 is 0 Å². The van der Waals surface area contributed by atoms with E-state index < -0.39 is 0 Å². The standard InChI is InChI=1S/C17H15NO2S/c1-11-7-8-14(15(9-11)20-2)18-17(19)13-10-21-16-6-4-3-5-12(13)16/h3-10H,1-2H3,(H,18,19). The summed E-state index contributed by atoms with van der Waals surface area (Å²) in [6.07, 6.45) is 0. The van der Waals surface area contributed by atoms with Crippen LogP contribution in [0.3, 0.4) is 0 Å². The van der Waals surface area contributed by atoms with Gasteiger partial charge in [0.15, 0.2) is 0 Å². The lowest BCUT2D eigenvalue weighted by Gasteiger charge is -2.10. The zero-order chi connectivity index (χ0) is 14.8. The third kappa shape index (κ3) is 2.62. The molecule has 1 aromatic heterocycles. The van der Waals surface area contributed by atoms with Crippen molar-refractivity contribution in [1.29, 1.82) is 0 Å². The number of rotatable bonds is 3. The number of hydrogen-bond donors (Lipinski definition) is 1. The van der Waals surface area contributed by atoms with E-state index in [9.17, 15) is 4.79 Å². The largest absolute Gasteiger partial charge is 0.495 e. The molecule has 3 nitrogen and oxygen atoms in total. The Bertz CT molecular complexity index is 807. The second kappa shape index (κ2) is 5.58. The van der Waals surface area contributed by atoms with Gasteiger partial charge < -0.3 is 10.1 Å². The number of carbonyl (C=O) groups is 1. The van der Waals surface area contributed by atoms with Crippen LogP contribution in [0, 0.1) is 6.92 Å². The number of aryl methyl sites for hydroxylation is 1. The molecule has 2 aromatic carbocycles. The molecular formula is C17H15NO2S. The molecule has 0 atom stereocenters. The summed E-state index contributed by atoms with van der Waals surface area (Å²) in [7, 11) is 1.60. The first-order valence-corrected chi connectivity index (χ1v) is 7.49. The first-order chi connectivity index (χ1) is 10.2. The summed E-state index contributed by atoms with van der Waals surface area (Å²) < 4.78 is 6.43. The maximum Gasteiger partial charge on any atom is 0.257 e. The second-order valence-electron chi connectivity index (χ2n) is 4.80. The fourth-order valence-electron chi connectivity index (χ4n) is 2.24. The second-order valence-corrected chi connectivity index (χ2v) is 5.71. The van der Waals surface area contributed by atoms with Crippen molar-refractivity contribution in [1.82, 2.24) is 0 Å². The Morgan fingerprint density at radius 1 is 1.19 bits per heavy atom. The van der Waals surface area contributed by atoms with Gasteiger partial charge in [-0.1, -0.05) is 24.3 Å². The van der Waals surface area contributed by atoms with Crippen molar-refractivity contribution in [2.45, 2.75) is 6.92 Å². The number of fused-ring (bicyclic) bond motifs is 1. The van der Waals surface area contributed by atoms with Crippen molar-refractivity contribution < 1.29 is 9.53 Å². The number of nitrogens with one attached hydrogen (secondary N) is 1. The Morgan fingerprint density at radius 3 is 2.81 bits per heavy atom. The fraction of sp³-hybridized carbons (Fsp3) is 0.118. The Hall–Kier alpha value is -2.33. The highest BCUT2D eigenvalue weighted by atomic mass is 32.1. The number of hydrogen-bond acceptors (Lipinski definition) is 3. The lowest BCUT2D eigenvalue weighted by atomic mass is 10.1. The molecule has 1 amide bonds. The summed E-state index contributed by atoms with van der Waals surface area (Å²) >= 11 is 1.57. The molecule has 0 bridgehead atoms. The molecule has 0 aliphatic carbocycles. The van der Waals surface area contributed by atoms with E-state index in [0.29, 0.717) is 17.0 Å². The maximum absolute atomic E-state index is 12.5. The van der Waals surface area contributed by atoms with E-state index in [0.717, 1.165) is 15.6 Å². The molecule has 3 rings (SSSR count). The van der Waals surface area contributed by atoms with Crippen molar-refractivity contribution in [2.75, 3.05) is 12.4 Å². The number of amides is 1. The third-order valence-electron chi connectivity index (χ3n) is 3.33. The van der Waals surface area contributed by atoms with Gasteiger partial charge >= 0.3 is 0 Å². The van der Waals surface area contributed by atoms with Crippen LogP contribution >= 0.6 is 11.3 Å². The number of anilines is 1. The normalized spacial score (nSPS) is 10.6. The quantitative estimate of drug-likeness (QED) is 0.774. The third-order valence-corrected chi connectivity index (χ3v) is 4.29. The lowest BCUT2D eigenvalue weighted by Crippen LogP contribution is -2.12. The first-order valence-electron chi connectivity index (χ1n) is 6.61. The van der Waals surface area contributed by atoms with E-state index in [4.69, 9.17) is 4.74 Å². The average molecular weight is 297 g/mol. The van der Waals surface area contributed by atoms with Gasteiger partial charge in [0, 0.05) is 15.5 Å². The van der Waals surface area contributed by atoms with Crippen molar-refractivity contribution in [3.8, 4) is 5.75 Å². The average Bonchev–Trinajstić information content (AvgIpc) is 2.93. The summed E-state index contributed by atoms with van der Waals surface area (Å²) in [5.41, 5.74) is 2.47. The molecule has 0 unspecified atom stereocenters. The molecule has 0 saturated heterocycles. The number of ether oxygens (including phenoxy) is 1. The number of thiophene rings is 1. The van der Waals surface area contributed by atoms with Crippen LogP contribution in [0.1, 0.15) is 15.9 Å². The zero-order valence-corrected chi connectivity index (χ0v) is 12.7. The fourth-order valence-corrected chi connectivity index (χ4v) is 3.19. The van der Waals surface area contributed by atoms with Crippen LogP contribution in [0.2, 0.25) is 0 Å². The number of methoxy groups -OCH3 is 1. The summed E-state index contributed by atoms with van der Waals surface area (Å²) in [5.74, 6) is 0.553. The van der Waals surface area contributed by atoms with Gasteiger partial charge in [-0.25, -0.2) is 0 Å². The summed E-state index contributed by atoms with van der Waals surface area (Å²) in [6, 6.07) is 13.6. The molecule has 0 spiro atoms. The minimum Gasteiger partial charge on any atom is -0.495 e. The Labute approximate surface area is 127 Å². The predicted molar refractivity (Wildman–Crippen MR) is 87.5 cm³/mol. The smallest absolute Gasteiger partial charge is 0.257 e. The van der Waals surface area contributed by atoms with Crippen LogP contribution in [-0.2, 0) is 0 Å². The molecule has 0 aliphatic rings. The van der Waals surface area contributed by atoms with Gasteiger partial charge in [0.1, 0.15) is 5.75 Å². The molecule has 0 radical (unpaired) electrons. The lowest BCUT2D eigenvalue weighted by molar-refractivity contribution is 0.102. The van der Waals surface area contributed by atoms with Gasteiger partial charge in [-0.15, -0.1) is 11.3 Å². The first kappa shape index (κ1) is 13.6. The molecule has 1 N–H and O–H groups in total. The Morgan fingerprint density at radius 2 is 2.00 bits per heavy atom. The minimum atomic E-state index is -0.116. The van der Waals surface area contributed by atoms with Crippen molar-refractivity contribution in [2.24, 2.45) is 0 Å². The summed E-state index contributed by atoms with van der Waals surface area (Å²) in [4.78, 5) is 12.5. The van der Waals surface area contributed by atoms with E-state index in [1.165, 1.54) is 0 Å². The van der Waals surface area contributed by atoms with Gasteiger partial charge in [-0.2, -0.15) is 0 Å².